The zero-order valence-corrected chi connectivity index (χ0v) is 54.6. The first-order valence-electron chi connectivity index (χ1n) is 30.6. The van der Waals surface area contributed by atoms with Crippen LogP contribution in [-0.2, 0) is 105 Å². The van der Waals surface area contributed by atoms with Crippen molar-refractivity contribution in [2.24, 2.45) is 45.3 Å². The van der Waals surface area contributed by atoms with E-state index in [0.717, 1.165) is 25.5 Å². The Bertz CT molecular complexity index is 2990. The molecule has 5 aliphatic heterocycles. The van der Waals surface area contributed by atoms with E-state index in [1.807, 2.05) is 20.8 Å². The molecule has 5 heterocycles. The van der Waals surface area contributed by atoms with Gasteiger partial charge in [0.05, 0.1) is 43.4 Å². The smallest absolute Gasteiger partial charge is 0.397 e. The molecule has 524 valence electrons. The summed E-state index contributed by atoms with van der Waals surface area (Å²) in [4.78, 5) is 27.5. The highest BCUT2D eigenvalue weighted by Gasteiger charge is 2.79. The number of carbonyl (C=O) groups excluding carboxylic acids is 2. The molecule has 0 aromatic carbocycles. The number of rotatable bonds is 22. The molecule has 9 aliphatic rings. The van der Waals surface area contributed by atoms with Crippen molar-refractivity contribution in [1.29, 1.82) is 0 Å². The number of aliphatic hydroxyl groups excluding tert-OH is 7. The molecule has 5 saturated heterocycles. The molecule has 91 heavy (non-hydrogen) atoms. The van der Waals surface area contributed by atoms with Crippen molar-refractivity contribution in [3.05, 3.63) is 11.6 Å². The fourth-order valence-electron chi connectivity index (χ4n) is 17.0. The molecule has 8 fully saturated rings. The van der Waals surface area contributed by atoms with Crippen LogP contribution in [0, 0.1) is 45.3 Å². The van der Waals surface area contributed by atoms with Gasteiger partial charge in [-0.1, -0.05) is 59.6 Å². The summed E-state index contributed by atoms with van der Waals surface area (Å²) < 4.78 is 178. The predicted octanol–water partition coefficient (Wildman–Crippen LogP) is -0.285. The zero-order chi connectivity index (χ0) is 67.3. The minimum Gasteiger partial charge on any atom is -0.462 e. The molecule has 28 atom stereocenters. The number of fused-ring (bicyclic) bond motifs is 4. The van der Waals surface area contributed by atoms with Gasteiger partial charge in [0.2, 0.25) is 0 Å². The van der Waals surface area contributed by atoms with Crippen molar-refractivity contribution in [3.8, 4) is 0 Å². The Kier molecular flexibility index (Phi) is 21.5. The predicted molar refractivity (Wildman–Crippen MR) is 303 cm³/mol. The second kappa shape index (κ2) is 26.8. The fraction of sp³-hybridized carbons (Fsp3) is 0.929. The first-order chi connectivity index (χ1) is 42.1. The average molecular weight is 1370 g/mol. The van der Waals surface area contributed by atoms with Crippen LogP contribution < -0.4 is 0 Å². The van der Waals surface area contributed by atoms with Crippen LogP contribution in [0.2, 0.25) is 0 Å². The van der Waals surface area contributed by atoms with Crippen molar-refractivity contribution in [2.75, 3.05) is 26.9 Å². The molecule has 25 unspecified atom stereocenters. The number of aliphatic hydroxyl groups is 7. The average Bonchev–Trinajstić information content (AvgIpc) is 1.52. The van der Waals surface area contributed by atoms with Crippen LogP contribution >= 0.6 is 0 Å². The van der Waals surface area contributed by atoms with Crippen molar-refractivity contribution < 1.29 is 149 Å². The molecule has 0 aromatic heterocycles. The number of methoxy groups -OCH3 is 1. The molecule has 35 heteroatoms. The summed E-state index contributed by atoms with van der Waals surface area (Å²) >= 11 is 0. The van der Waals surface area contributed by atoms with E-state index < -0.39 is 208 Å². The summed E-state index contributed by atoms with van der Waals surface area (Å²) in [5.41, 5.74) is -2.42. The SMILES string of the molecule is COC1C(O)C(COS(=O)(=O)O)OC(OC2C(O)C(COS(=O)(=O)O)OC(OC3C(C)OC(OC4C(OC5CC[C@]6(C)C7CCC89C(=O)O[C@@](C)(CCCC(C)C)C8C(OC(C)=O)C[C@@]9(C)C7=CCC6C5(C)C)OCC(OS(=O)(=O)O)C4O)C(O)C3O)C2O)C1O. The maximum Gasteiger partial charge on any atom is 0.397 e. The van der Waals surface area contributed by atoms with E-state index in [2.05, 4.69) is 42.1 Å². The van der Waals surface area contributed by atoms with Crippen molar-refractivity contribution >= 4 is 43.1 Å². The lowest BCUT2D eigenvalue weighted by Gasteiger charge is -2.64. The van der Waals surface area contributed by atoms with Gasteiger partial charge in [-0.25, -0.2) is 12.5 Å². The minimum absolute atomic E-state index is 0.00782. The third kappa shape index (κ3) is 14.2. The minimum atomic E-state index is -5.25. The molecule has 0 bridgehead atoms. The lowest BCUT2D eigenvalue weighted by molar-refractivity contribution is -0.389. The number of ether oxygens (including phenoxy) is 11. The van der Waals surface area contributed by atoms with Crippen molar-refractivity contribution in [2.45, 2.75) is 255 Å². The number of hydrogen-bond donors (Lipinski definition) is 10. The van der Waals surface area contributed by atoms with E-state index in [1.165, 1.54) is 13.8 Å². The van der Waals surface area contributed by atoms with Crippen molar-refractivity contribution in [3.63, 3.8) is 0 Å². The topological polar surface area (TPSA) is 468 Å². The molecule has 0 radical (unpaired) electrons. The number of cyclic esters (lactones) is 1. The van der Waals surface area contributed by atoms with Gasteiger partial charge in [0.25, 0.3) is 0 Å². The highest BCUT2D eigenvalue weighted by atomic mass is 32.3. The van der Waals surface area contributed by atoms with E-state index in [0.29, 0.717) is 50.9 Å². The van der Waals surface area contributed by atoms with E-state index in [1.54, 1.807) is 0 Å². The summed E-state index contributed by atoms with van der Waals surface area (Å²) in [5, 5.41) is 80.4. The Morgan fingerprint density at radius 1 is 0.681 bits per heavy atom. The molecule has 32 nitrogen and oxygen atoms in total. The summed E-state index contributed by atoms with van der Waals surface area (Å²) in [6.07, 6.45) is -30.1. The van der Waals surface area contributed by atoms with E-state index in [4.69, 9.17) is 60.8 Å². The van der Waals surface area contributed by atoms with Gasteiger partial charge in [-0.2, -0.15) is 25.3 Å². The van der Waals surface area contributed by atoms with Crippen LogP contribution in [0.15, 0.2) is 11.6 Å². The van der Waals surface area contributed by atoms with Crippen LogP contribution in [0.3, 0.4) is 0 Å². The number of carbonyl (C=O) groups is 2. The van der Waals surface area contributed by atoms with E-state index in [9.17, 15) is 79.7 Å². The molecule has 4 aliphatic carbocycles. The Labute approximate surface area is 528 Å². The van der Waals surface area contributed by atoms with Gasteiger partial charge in [0, 0.05) is 19.4 Å². The standard InChI is InChI=1S/C56H90O32S3/c1-24(2)12-11-17-55(9)46-29(80-26(4)57)20-54(8)28-13-14-33-52(5,6)34(16-18-53(33,7)27(28)15-19-56(46,54)51(65)87-55)83-50-45(37(60)32(21-76-50)88-91(72,73)74)86-47-39(62)38(61)42(25(3)79-47)84-49-41(64)44(36(59)31(82-49)23-78-90(69,70)71)85-48-40(63)43(75-10)35(58)30(81-48)22-77-89(66,67)68/h13,24-25,27,29-50,58-64H,11-12,14-23H2,1-10H3,(H,66,67,68)(H,69,70,71)(H,72,73,74)/t25?,27?,29?,30?,31?,32?,33?,34?,35?,36?,37?,38?,39?,40?,41?,42?,43?,44?,45?,46?,47?,48?,49?,50?,53-,54+,55+,56?/m1/s1. The fourth-order valence-corrected chi connectivity index (χ4v) is 18.1. The van der Waals surface area contributed by atoms with Crippen LogP contribution in [0.25, 0.3) is 0 Å². The van der Waals surface area contributed by atoms with Crippen LogP contribution in [0.4, 0.5) is 0 Å². The van der Waals surface area contributed by atoms with Gasteiger partial charge < -0.3 is 87.9 Å². The van der Waals surface area contributed by atoms with Gasteiger partial charge in [-0.15, -0.1) is 0 Å². The van der Waals surface area contributed by atoms with E-state index in [-0.39, 0.29) is 29.1 Å². The van der Waals surface area contributed by atoms with Gasteiger partial charge in [-0.3, -0.25) is 23.2 Å². The number of esters is 2. The Hall–Kier alpha value is -2.35. The summed E-state index contributed by atoms with van der Waals surface area (Å²) in [6.45, 7) is 14.5. The maximum atomic E-state index is 14.7. The summed E-state index contributed by atoms with van der Waals surface area (Å²) in [7, 11) is -14.6. The highest BCUT2D eigenvalue weighted by molar-refractivity contribution is 7.81. The van der Waals surface area contributed by atoms with E-state index >= 15 is 0 Å². The first kappa shape index (κ1) is 72.9. The van der Waals surface area contributed by atoms with Gasteiger partial charge in [-0.05, 0) is 93.8 Å². The lowest BCUT2D eigenvalue weighted by Crippen LogP contribution is -2.67. The van der Waals surface area contributed by atoms with Gasteiger partial charge in [0.15, 0.2) is 25.2 Å². The van der Waals surface area contributed by atoms with Crippen LogP contribution in [0.1, 0.15) is 120 Å². The third-order valence-corrected chi connectivity index (χ3v) is 22.6. The third-order valence-electron chi connectivity index (χ3n) is 21.2. The Balaban J connectivity index is 0.925. The Morgan fingerprint density at radius 3 is 1.82 bits per heavy atom. The maximum absolute atomic E-state index is 14.7. The van der Waals surface area contributed by atoms with Crippen molar-refractivity contribution in [1.82, 2.24) is 0 Å². The molecule has 0 aromatic rings. The second-order valence-electron chi connectivity index (χ2n) is 27.6. The normalized spacial score (nSPS) is 46.7. The zero-order valence-electron chi connectivity index (χ0n) is 52.2. The van der Waals surface area contributed by atoms with Crippen LogP contribution in [0.5, 0.6) is 0 Å². The first-order valence-corrected chi connectivity index (χ1v) is 34.7. The van der Waals surface area contributed by atoms with Crippen LogP contribution in [-0.4, -0.2) is 248 Å². The molecule has 0 amide bonds. The molecular formula is C56H90O32S3. The quantitative estimate of drug-likeness (QED) is 0.0378. The highest BCUT2D eigenvalue weighted by Crippen LogP contribution is 2.77. The summed E-state index contributed by atoms with van der Waals surface area (Å²) in [6, 6.07) is 0. The van der Waals surface area contributed by atoms with Gasteiger partial charge in [0.1, 0.15) is 97.2 Å². The molecule has 3 saturated carbocycles. The lowest BCUT2D eigenvalue weighted by atomic mass is 9.41. The molecule has 10 N–H and O–H groups in total. The number of hydrogen-bond acceptors (Lipinski definition) is 29. The molecular weight excluding hydrogens is 1280 g/mol. The number of allylic oxidation sites excluding steroid dienone is 2. The molecule has 9 rings (SSSR count). The summed E-state index contributed by atoms with van der Waals surface area (Å²) in [5.74, 6) is -0.692. The monoisotopic (exact) mass is 1370 g/mol. The van der Waals surface area contributed by atoms with Gasteiger partial charge >= 0.3 is 43.1 Å². The Morgan fingerprint density at radius 2 is 1.25 bits per heavy atom. The second-order valence-corrected chi connectivity index (χ2v) is 30.8. The largest absolute Gasteiger partial charge is 0.462 e. The molecule has 1 spiro atoms.